The van der Waals surface area contributed by atoms with E-state index in [-0.39, 0.29) is 17.5 Å². The van der Waals surface area contributed by atoms with Crippen molar-refractivity contribution in [1.29, 1.82) is 0 Å². The summed E-state index contributed by atoms with van der Waals surface area (Å²) < 4.78 is 26.2. The number of nitrogens with zero attached hydrogens (tertiary/aromatic N) is 3. The first-order chi connectivity index (χ1) is 16.7. The van der Waals surface area contributed by atoms with Gasteiger partial charge < -0.3 is 10.2 Å². The van der Waals surface area contributed by atoms with Crippen molar-refractivity contribution in [2.24, 2.45) is 0 Å². The molecule has 1 fully saturated rings. The van der Waals surface area contributed by atoms with Crippen molar-refractivity contribution < 1.29 is 18.0 Å². The molecular weight excluding hydrogens is 464 g/mol. The van der Waals surface area contributed by atoms with E-state index in [9.17, 15) is 18.0 Å². The zero-order valence-corrected chi connectivity index (χ0v) is 20.3. The number of fused-ring (bicyclic) bond motifs is 1. The first kappa shape index (κ1) is 23.1. The number of anilines is 1. The highest BCUT2D eigenvalue weighted by molar-refractivity contribution is 7.89. The molecule has 180 valence electrons. The predicted octanol–water partition coefficient (Wildman–Crippen LogP) is 2.75. The second-order valence-electron chi connectivity index (χ2n) is 8.88. The van der Waals surface area contributed by atoms with Crippen molar-refractivity contribution >= 4 is 27.6 Å². The van der Waals surface area contributed by atoms with Crippen LogP contribution in [0.2, 0.25) is 0 Å². The zero-order valence-electron chi connectivity index (χ0n) is 19.5. The average molecular weight is 491 g/mol. The maximum Gasteiger partial charge on any atom is 0.327 e. The molecule has 2 aliphatic heterocycles. The highest BCUT2D eigenvalue weighted by Crippen LogP contribution is 2.37. The fourth-order valence-corrected chi connectivity index (χ4v) is 5.73. The Morgan fingerprint density at radius 2 is 1.51 bits per heavy atom. The van der Waals surface area contributed by atoms with Crippen LogP contribution in [-0.4, -0.2) is 56.9 Å². The number of amides is 3. The van der Waals surface area contributed by atoms with E-state index in [4.69, 9.17) is 0 Å². The van der Waals surface area contributed by atoms with E-state index in [1.165, 1.54) is 23.3 Å². The molecule has 5 rings (SSSR count). The summed E-state index contributed by atoms with van der Waals surface area (Å²) in [6.45, 7) is 0.639. The molecule has 0 atom stereocenters. The summed E-state index contributed by atoms with van der Waals surface area (Å²) in [7, 11) is -0.550. The maximum atomic E-state index is 13.9. The molecule has 0 bridgehead atoms. The first-order valence-corrected chi connectivity index (χ1v) is 12.7. The number of nitrogens with one attached hydrogen (secondary N) is 1. The van der Waals surface area contributed by atoms with E-state index in [0.717, 1.165) is 11.3 Å². The van der Waals surface area contributed by atoms with Crippen LogP contribution in [0.4, 0.5) is 10.5 Å². The van der Waals surface area contributed by atoms with Crippen LogP contribution in [0.15, 0.2) is 83.8 Å². The highest BCUT2D eigenvalue weighted by Gasteiger charge is 2.54. The van der Waals surface area contributed by atoms with E-state index in [0.29, 0.717) is 24.1 Å². The monoisotopic (exact) mass is 490 g/mol. The fourth-order valence-electron chi connectivity index (χ4n) is 4.77. The smallest absolute Gasteiger partial charge is 0.327 e. The van der Waals surface area contributed by atoms with Gasteiger partial charge in [0.25, 0.3) is 5.91 Å². The van der Waals surface area contributed by atoms with Gasteiger partial charge >= 0.3 is 6.03 Å². The molecule has 0 aliphatic carbocycles. The Morgan fingerprint density at radius 1 is 0.914 bits per heavy atom. The first-order valence-electron chi connectivity index (χ1n) is 11.3. The Labute approximate surface area is 204 Å². The number of rotatable bonds is 6. The number of benzene rings is 3. The summed E-state index contributed by atoms with van der Waals surface area (Å²) in [5.41, 5.74) is 1.75. The summed E-state index contributed by atoms with van der Waals surface area (Å²) in [6.07, 6.45) is 0.623. The lowest BCUT2D eigenvalue weighted by Crippen LogP contribution is -2.46. The van der Waals surface area contributed by atoms with Crippen LogP contribution in [-0.2, 0) is 26.8 Å². The molecule has 1 saturated heterocycles. The van der Waals surface area contributed by atoms with Gasteiger partial charge in [-0.2, -0.15) is 0 Å². The molecular formula is C26H26N4O4S. The van der Waals surface area contributed by atoms with Crippen molar-refractivity contribution in [2.45, 2.75) is 16.9 Å². The van der Waals surface area contributed by atoms with Crippen molar-refractivity contribution in [3.63, 3.8) is 0 Å². The number of sulfonamides is 1. The van der Waals surface area contributed by atoms with Crippen molar-refractivity contribution in [2.75, 3.05) is 32.2 Å². The number of hydrogen-bond acceptors (Lipinski definition) is 5. The van der Waals surface area contributed by atoms with Crippen LogP contribution in [0.25, 0.3) is 0 Å². The molecule has 0 unspecified atom stereocenters. The Hall–Kier alpha value is -3.69. The minimum atomic E-state index is -3.55. The molecule has 0 saturated carbocycles. The average Bonchev–Trinajstić information content (AvgIpc) is 3.39. The van der Waals surface area contributed by atoms with Gasteiger partial charge in [-0.3, -0.25) is 4.79 Å². The van der Waals surface area contributed by atoms with Gasteiger partial charge in [0.2, 0.25) is 10.0 Å². The van der Waals surface area contributed by atoms with Crippen molar-refractivity contribution in [3.05, 3.63) is 95.6 Å². The van der Waals surface area contributed by atoms with Gasteiger partial charge in [-0.25, -0.2) is 22.4 Å². The van der Waals surface area contributed by atoms with Crippen LogP contribution in [0, 0.1) is 0 Å². The van der Waals surface area contributed by atoms with Gasteiger partial charge in [-0.15, -0.1) is 0 Å². The lowest BCUT2D eigenvalue weighted by Gasteiger charge is -2.29. The molecule has 3 aromatic carbocycles. The molecule has 35 heavy (non-hydrogen) atoms. The normalized spacial score (nSPS) is 17.1. The molecule has 1 N–H and O–H groups in total. The lowest BCUT2D eigenvalue weighted by molar-refractivity contribution is -0.130. The van der Waals surface area contributed by atoms with Gasteiger partial charge in [0.05, 0.1) is 4.90 Å². The molecule has 2 heterocycles. The number of hydrogen-bond donors (Lipinski definition) is 1. The molecule has 0 aromatic heterocycles. The molecule has 3 amide bonds. The second-order valence-corrected chi connectivity index (χ2v) is 11.0. The molecule has 8 nitrogen and oxygen atoms in total. The Morgan fingerprint density at radius 3 is 2.09 bits per heavy atom. The van der Waals surface area contributed by atoms with Gasteiger partial charge in [-0.05, 0) is 41.3 Å². The molecule has 3 aromatic rings. The van der Waals surface area contributed by atoms with Crippen LogP contribution in [0.5, 0.6) is 0 Å². The topological polar surface area (TPSA) is 90.0 Å². The number of imide groups is 1. The standard InChI is InChI=1S/C26H26N4O4S/c1-28(2)35(33,34)22-13-14-23-19(17-22)15-16-29(23)18-30-24(31)26(27-25(30)32,20-9-5-3-6-10-20)21-11-7-4-8-12-21/h3-14,17H,15-16,18H2,1-2H3,(H,27,32). The number of carbonyl (C=O) groups is 2. The Balaban J connectivity index is 1.47. The van der Waals surface area contributed by atoms with Crippen LogP contribution < -0.4 is 10.2 Å². The van der Waals surface area contributed by atoms with Crippen LogP contribution >= 0.6 is 0 Å². The Bertz CT molecular complexity index is 1350. The van der Waals surface area contributed by atoms with E-state index < -0.39 is 21.6 Å². The Kier molecular flexibility index (Phi) is 5.61. The van der Waals surface area contributed by atoms with Gasteiger partial charge in [0, 0.05) is 26.3 Å². The van der Waals surface area contributed by atoms with Gasteiger partial charge in [0.1, 0.15) is 6.67 Å². The maximum absolute atomic E-state index is 13.9. The van der Waals surface area contributed by atoms with Gasteiger partial charge in [-0.1, -0.05) is 60.7 Å². The van der Waals surface area contributed by atoms with E-state index in [1.54, 1.807) is 18.2 Å². The van der Waals surface area contributed by atoms with Crippen molar-refractivity contribution in [3.8, 4) is 0 Å². The second kappa shape index (κ2) is 8.51. The van der Waals surface area contributed by atoms with E-state index >= 15 is 0 Å². The van der Waals surface area contributed by atoms with Gasteiger partial charge in [0.15, 0.2) is 5.54 Å². The summed E-state index contributed by atoms with van der Waals surface area (Å²) in [4.78, 5) is 30.5. The fraction of sp³-hybridized carbons (Fsp3) is 0.231. The summed E-state index contributed by atoms with van der Waals surface area (Å²) in [6, 6.07) is 23.0. The highest BCUT2D eigenvalue weighted by atomic mass is 32.2. The third-order valence-electron chi connectivity index (χ3n) is 6.65. The minimum absolute atomic E-state index is 0.0683. The van der Waals surface area contributed by atoms with E-state index in [2.05, 4.69) is 5.32 Å². The predicted molar refractivity (Wildman–Crippen MR) is 132 cm³/mol. The molecule has 0 radical (unpaired) electrons. The summed E-state index contributed by atoms with van der Waals surface area (Å²) in [5, 5.41) is 2.97. The molecule has 0 spiro atoms. The zero-order chi connectivity index (χ0) is 24.8. The third kappa shape index (κ3) is 3.67. The minimum Gasteiger partial charge on any atom is -0.353 e. The number of urea groups is 1. The third-order valence-corrected chi connectivity index (χ3v) is 8.46. The number of carbonyl (C=O) groups excluding carboxylic acids is 2. The van der Waals surface area contributed by atoms with Crippen LogP contribution in [0.1, 0.15) is 16.7 Å². The van der Waals surface area contributed by atoms with Crippen LogP contribution in [0.3, 0.4) is 0 Å². The van der Waals surface area contributed by atoms with E-state index in [1.807, 2.05) is 65.6 Å². The SMILES string of the molecule is CN(C)S(=O)(=O)c1ccc2c(c1)CCN2CN1C(=O)NC(c2ccccc2)(c2ccccc2)C1=O. The summed E-state index contributed by atoms with van der Waals surface area (Å²) in [5.74, 6) is -0.347. The largest absolute Gasteiger partial charge is 0.353 e. The van der Waals surface area contributed by atoms with Crippen molar-refractivity contribution in [1.82, 2.24) is 14.5 Å². The molecule has 2 aliphatic rings. The molecule has 9 heteroatoms. The summed E-state index contributed by atoms with van der Waals surface area (Å²) >= 11 is 0. The lowest BCUT2D eigenvalue weighted by atomic mass is 9.83. The quantitative estimate of drug-likeness (QED) is 0.537.